The molecule has 7 heteroatoms. The molecule has 0 atom stereocenters. The van der Waals surface area contributed by atoms with Crippen LogP contribution in [0, 0.1) is 27.7 Å². The summed E-state index contributed by atoms with van der Waals surface area (Å²) in [6.07, 6.45) is 2.28. The Morgan fingerprint density at radius 3 is 2.47 bits per heavy atom. The molecule has 1 aromatic carbocycles. The number of aryl methyl sites for hydroxylation is 3. The first kappa shape index (κ1) is 19.9. The summed E-state index contributed by atoms with van der Waals surface area (Å²) in [5.74, 6) is -0.356. The van der Waals surface area contributed by atoms with Crippen LogP contribution in [-0.2, 0) is 9.53 Å². The van der Waals surface area contributed by atoms with Gasteiger partial charge in [-0.2, -0.15) is 5.10 Å². The van der Waals surface area contributed by atoms with E-state index in [4.69, 9.17) is 4.74 Å². The molecule has 1 fully saturated rings. The number of hydrogen-bond acceptors (Lipinski definition) is 4. The Kier molecular flexibility index (Phi) is 5.20. The fourth-order valence-corrected chi connectivity index (χ4v) is 3.74. The van der Waals surface area contributed by atoms with Gasteiger partial charge in [0.25, 0.3) is 5.91 Å². The second-order valence-corrected chi connectivity index (χ2v) is 7.93. The molecule has 4 rings (SSSR count). The van der Waals surface area contributed by atoms with Crippen LogP contribution in [0.25, 0.3) is 5.69 Å². The summed E-state index contributed by atoms with van der Waals surface area (Å²) in [6.45, 7) is 7.42. The Balaban J connectivity index is 1.42. The van der Waals surface area contributed by atoms with Crippen LogP contribution in [0.5, 0.6) is 0 Å². The molecule has 1 amide bonds. The van der Waals surface area contributed by atoms with Gasteiger partial charge in [-0.25, -0.2) is 9.48 Å². The zero-order valence-electron chi connectivity index (χ0n) is 17.7. The van der Waals surface area contributed by atoms with Crippen molar-refractivity contribution in [2.75, 3.05) is 11.9 Å². The maximum absolute atomic E-state index is 12.5. The molecule has 2 heterocycles. The number of rotatable bonds is 6. The highest BCUT2D eigenvalue weighted by molar-refractivity contribution is 5.96. The highest BCUT2D eigenvalue weighted by Gasteiger charge is 2.29. The summed E-state index contributed by atoms with van der Waals surface area (Å²) in [6, 6.07) is 11.9. The maximum Gasteiger partial charge on any atom is 0.340 e. The second kappa shape index (κ2) is 7.82. The van der Waals surface area contributed by atoms with Gasteiger partial charge in [-0.15, -0.1) is 0 Å². The van der Waals surface area contributed by atoms with Crippen molar-refractivity contribution in [2.45, 2.75) is 46.6 Å². The first-order valence-corrected chi connectivity index (χ1v) is 10.1. The molecule has 0 spiro atoms. The standard InChI is InChI=1S/C23H26N4O3/c1-14-5-7-19(8-6-14)27-21(11-15(2)25-27)24-22(28)13-30-23(29)20-12-16(3)26(17(20)4)18-9-10-18/h5-8,11-12,18H,9-10,13H2,1-4H3,(H,24,28). The van der Waals surface area contributed by atoms with Crippen molar-refractivity contribution in [3.63, 3.8) is 0 Å². The second-order valence-electron chi connectivity index (χ2n) is 7.93. The summed E-state index contributed by atoms with van der Waals surface area (Å²) >= 11 is 0. The molecule has 2 aromatic heterocycles. The minimum atomic E-state index is -0.478. The number of nitrogens with one attached hydrogen (secondary N) is 1. The Morgan fingerprint density at radius 2 is 1.80 bits per heavy atom. The van der Waals surface area contributed by atoms with Crippen molar-refractivity contribution in [3.05, 3.63) is 64.6 Å². The molecule has 1 aliphatic rings. The molecule has 7 nitrogen and oxygen atoms in total. The molecule has 156 valence electrons. The fourth-order valence-electron chi connectivity index (χ4n) is 3.74. The summed E-state index contributed by atoms with van der Waals surface area (Å²) in [5.41, 5.74) is 5.22. The number of benzene rings is 1. The van der Waals surface area contributed by atoms with E-state index in [-0.39, 0.29) is 6.61 Å². The Bertz CT molecular complexity index is 1100. The molecule has 0 bridgehead atoms. The van der Waals surface area contributed by atoms with E-state index in [2.05, 4.69) is 15.0 Å². The molecule has 1 N–H and O–H groups in total. The third kappa shape index (κ3) is 4.01. The van der Waals surface area contributed by atoms with E-state index >= 15 is 0 Å². The number of amides is 1. The van der Waals surface area contributed by atoms with Crippen molar-refractivity contribution in [3.8, 4) is 5.69 Å². The number of aromatic nitrogens is 3. The van der Waals surface area contributed by atoms with Gasteiger partial charge in [0.1, 0.15) is 5.82 Å². The van der Waals surface area contributed by atoms with Crippen LogP contribution in [-0.4, -0.2) is 32.8 Å². The van der Waals surface area contributed by atoms with Crippen LogP contribution in [0.2, 0.25) is 0 Å². The monoisotopic (exact) mass is 406 g/mol. The van der Waals surface area contributed by atoms with Crippen LogP contribution in [0.3, 0.4) is 0 Å². The summed E-state index contributed by atoms with van der Waals surface area (Å²) in [7, 11) is 0. The lowest BCUT2D eigenvalue weighted by Gasteiger charge is -2.10. The smallest absolute Gasteiger partial charge is 0.340 e. The average molecular weight is 406 g/mol. The molecule has 0 unspecified atom stereocenters. The van der Waals surface area contributed by atoms with Crippen molar-refractivity contribution >= 4 is 17.7 Å². The van der Waals surface area contributed by atoms with Crippen molar-refractivity contribution in [1.82, 2.24) is 14.3 Å². The molecule has 0 aliphatic heterocycles. The Hall–Kier alpha value is -3.35. The molecular weight excluding hydrogens is 380 g/mol. The first-order chi connectivity index (χ1) is 14.3. The number of carbonyl (C=O) groups is 2. The van der Waals surface area contributed by atoms with E-state index in [1.54, 1.807) is 10.7 Å². The van der Waals surface area contributed by atoms with Gasteiger partial charge in [-0.05, 0) is 58.7 Å². The van der Waals surface area contributed by atoms with Crippen LogP contribution in [0.15, 0.2) is 36.4 Å². The van der Waals surface area contributed by atoms with Crippen LogP contribution >= 0.6 is 0 Å². The van der Waals surface area contributed by atoms with Gasteiger partial charge < -0.3 is 14.6 Å². The van der Waals surface area contributed by atoms with Crippen molar-refractivity contribution in [1.29, 1.82) is 0 Å². The summed E-state index contributed by atoms with van der Waals surface area (Å²) < 4.78 is 9.13. The quantitative estimate of drug-likeness (QED) is 0.627. The molecular formula is C23H26N4O3. The van der Waals surface area contributed by atoms with Crippen molar-refractivity contribution in [2.24, 2.45) is 0 Å². The lowest BCUT2D eigenvalue weighted by molar-refractivity contribution is -0.119. The topological polar surface area (TPSA) is 78.2 Å². The number of anilines is 1. The van der Waals surface area contributed by atoms with E-state index in [9.17, 15) is 9.59 Å². The van der Waals surface area contributed by atoms with E-state index < -0.39 is 11.9 Å². The number of nitrogens with zero attached hydrogens (tertiary/aromatic N) is 3. The normalized spacial score (nSPS) is 13.3. The average Bonchev–Trinajstić information content (AvgIpc) is 3.40. The molecule has 3 aromatic rings. The highest BCUT2D eigenvalue weighted by atomic mass is 16.5. The van der Waals surface area contributed by atoms with Gasteiger partial charge in [0, 0.05) is 23.5 Å². The van der Waals surface area contributed by atoms with Crippen LogP contribution < -0.4 is 5.32 Å². The number of ether oxygens (including phenoxy) is 1. The number of hydrogen-bond donors (Lipinski definition) is 1. The van der Waals surface area contributed by atoms with Gasteiger partial charge in [0.2, 0.25) is 0 Å². The van der Waals surface area contributed by atoms with Gasteiger partial charge >= 0.3 is 5.97 Å². The highest BCUT2D eigenvalue weighted by Crippen LogP contribution is 2.38. The zero-order chi connectivity index (χ0) is 21.4. The maximum atomic E-state index is 12.5. The van der Waals surface area contributed by atoms with Crippen LogP contribution in [0.4, 0.5) is 5.82 Å². The van der Waals surface area contributed by atoms with Gasteiger partial charge in [0.05, 0.1) is 16.9 Å². The van der Waals surface area contributed by atoms with Gasteiger partial charge in [-0.1, -0.05) is 17.7 Å². The lowest BCUT2D eigenvalue weighted by Crippen LogP contribution is -2.22. The zero-order valence-corrected chi connectivity index (χ0v) is 17.7. The van der Waals surface area contributed by atoms with Gasteiger partial charge in [-0.3, -0.25) is 4.79 Å². The third-order valence-corrected chi connectivity index (χ3v) is 5.33. The largest absolute Gasteiger partial charge is 0.452 e. The van der Waals surface area contributed by atoms with E-state index in [0.717, 1.165) is 41.2 Å². The summed E-state index contributed by atoms with van der Waals surface area (Å²) in [4.78, 5) is 25.0. The Labute approximate surface area is 175 Å². The number of carbonyl (C=O) groups excluding carboxylic acids is 2. The molecule has 0 saturated heterocycles. The number of esters is 1. The third-order valence-electron chi connectivity index (χ3n) is 5.33. The van der Waals surface area contributed by atoms with Crippen molar-refractivity contribution < 1.29 is 14.3 Å². The molecule has 0 radical (unpaired) electrons. The van der Waals surface area contributed by atoms with E-state index in [1.165, 1.54) is 0 Å². The van der Waals surface area contributed by atoms with E-state index in [1.807, 2.05) is 58.0 Å². The van der Waals surface area contributed by atoms with Crippen LogP contribution in [0.1, 0.15) is 51.9 Å². The predicted octanol–water partition coefficient (Wildman–Crippen LogP) is 4.04. The minimum Gasteiger partial charge on any atom is -0.452 e. The Morgan fingerprint density at radius 1 is 1.10 bits per heavy atom. The predicted molar refractivity (Wildman–Crippen MR) is 114 cm³/mol. The molecule has 1 saturated carbocycles. The minimum absolute atomic E-state index is 0.357. The molecule has 1 aliphatic carbocycles. The summed E-state index contributed by atoms with van der Waals surface area (Å²) in [5, 5.41) is 7.23. The van der Waals surface area contributed by atoms with E-state index in [0.29, 0.717) is 17.4 Å². The fraction of sp³-hybridized carbons (Fsp3) is 0.348. The molecule has 30 heavy (non-hydrogen) atoms. The first-order valence-electron chi connectivity index (χ1n) is 10.1. The van der Waals surface area contributed by atoms with Gasteiger partial charge in [0.15, 0.2) is 6.61 Å². The lowest BCUT2D eigenvalue weighted by atomic mass is 10.2. The SMILES string of the molecule is Cc1ccc(-n2nc(C)cc2NC(=O)COC(=O)c2cc(C)n(C3CC3)c2C)cc1.